The zero-order valence-electron chi connectivity index (χ0n) is 13.4. The predicted octanol–water partition coefficient (Wildman–Crippen LogP) is 3.56. The third-order valence-electron chi connectivity index (χ3n) is 4.53. The molecule has 0 amide bonds. The van der Waals surface area contributed by atoms with E-state index in [9.17, 15) is 0 Å². The molecule has 1 aliphatic rings. The number of rotatable bonds is 8. The van der Waals surface area contributed by atoms with Crippen LogP contribution >= 0.6 is 0 Å². The lowest BCUT2D eigenvalue weighted by molar-refractivity contribution is 0.250. The molecule has 1 N–H and O–H groups in total. The highest BCUT2D eigenvalue weighted by Gasteiger charge is 2.29. The fourth-order valence-corrected chi connectivity index (χ4v) is 3.07. The number of nitrogens with zero attached hydrogens (tertiary/aromatic N) is 1. The highest BCUT2D eigenvalue weighted by Crippen LogP contribution is 2.36. The summed E-state index contributed by atoms with van der Waals surface area (Å²) < 4.78 is 0. The smallest absolute Gasteiger partial charge is 0.0107 e. The summed E-state index contributed by atoms with van der Waals surface area (Å²) in [6.07, 6.45) is 3.87. The Labute approximate surface area is 124 Å². The van der Waals surface area contributed by atoms with Crippen LogP contribution in [0.15, 0.2) is 24.3 Å². The van der Waals surface area contributed by atoms with Gasteiger partial charge in [-0.3, -0.25) is 0 Å². The zero-order valence-corrected chi connectivity index (χ0v) is 13.4. The van der Waals surface area contributed by atoms with Gasteiger partial charge in [-0.15, -0.1) is 0 Å². The van der Waals surface area contributed by atoms with Crippen molar-refractivity contribution >= 4 is 0 Å². The second kappa shape index (κ2) is 7.80. The summed E-state index contributed by atoms with van der Waals surface area (Å²) in [6.45, 7) is 11.4. The molecule has 0 spiro atoms. The Balaban J connectivity index is 1.63. The normalized spacial score (nSPS) is 22.0. The van der Waals surface area contributed by atoms with Crippen molar-refractivity contribution < 1.29 is 0 Å². The van der Waals surface area contributed by atoms with Gasteiger partial charge in [0.15, 0.2) is 0 Å². The topological polar surface area (TPSA) is 15.3 Å². The van der Waals surface area contributed by atoms with Crippen LogP contribution in [0, 0.1) is 6.92 Å². The van der Waals surface area contributed by atoms with Gasteiger partial charge in [0, 0.05) is 19.1 Å². The molecule has 0 bridgehead atoms. The molecule has 0 aromatic heterocycles. The van der Waals surface area contributed by atoms with E-state index in [1.54, 1.807) is 0 Å². The monoisotopic (exact) mass is 274 g/mol. The molecule has 0 aliphatic heterocycles. The predicted molar refractivity (Wildman–Crippen MR) is 87.3 cm³/mol. The van der Waals surface area contributed by atoms with Crippen LogP contribution in [0.2, 0.25) is 0 Å². The summed E-state index contributed by atoms with van der Waals surface area (Å²) in [7, 11) is 0. The third kappa shape index (κ3) is 4.32. The van der Waals surface area contributed by atoms with Gasteiger partial charge in [-0.2, -0.15) is 0 Å². The van der Waals surface area contributed by atoms with E-state index in [1.165, 1.54) is 50.0 Å². The van der Waals surface area contributed by atoms with Gasteiger partial charge in [-0.1, -0.05) is 43.7 Å². The van der Waals surface area contributed by atoms with E-state index >= 15 is 0 Å². The van der Waals surface area contributed by atoms with Crippen molar-refractivity contribution in [1.82, 2.24) is 10.2 Å². The molecule has 0 saturated heterocycles. The molecule has 1 aromatic carbocycles. The van der Waals surface area contributed by atoms with E-state index in [1.807, 2.05) is 0 Å². The second-order valence-corrected chi connectivity index (χ2v) is 6.16. The minimum Gasteiger partial charge on any atom is -0.313 e. The molecule has 2 heteroatoms. The number of benzene rings is 1. The Bertz CT molecular complexity index is 379. The van der Waals surface area contributed by atoms with Crippen LogP contribution in [0.3, 0.4) is 0 Å². The lowest BCUT2D eigenvalue weighted by atomic mass is 9.76. The first-order valence-corrected chi connectivity index (χ1v) is 8.25. The molecule has 1 aliphatic carbocycles. The summed E-state index contributed by atoms with van der Waals surface area (Å²) in [5.74, 6) is 0.783. The van der Waals surface area contributed by atoms with Crippen LogP contribution < -0.4 is 5.32 Å². The molecule has 1 saturated carbocycles. The first-order chi connectivity index (χ1) is 9.72. The molecule has 0 unspecified atom stereocenters. The molecular formula is C18H30N2. The fourth-order valence-electron chi connectivity index (χ4n) is 3.07. The van der Waals surface area contributed by atoms with Crippen LogP contribution in [0.25, 0.3) is 0 Å². The number of hydrogen-bond acceptors (Lipinski definition) is 2. The van der Waals surface area contributed by atoms with Gasteiger partial charge < -0.3 is 10.2 Å². The van der Waals surface area contributed by atoms with E-state index in [-0.39, 0.29) is 0 Å². The van der Waals surface area contributed by atoms with Crippen molar-refractivity contribution in [2.45, 2.75) is 52.0 Å². The Morgan fingerprint density at radius 2 is 1.80 bits per heavy atom. The molecule has 0 radical (unpaired) electrons. The van der Waals surface area contributed by atoms with Crippen molar-refractivity contribution in [3.05, 3.63) is 35.4 Å². The Morgan fingerprint density at radius 3 is 2.40 bits per heavy atom. The SMILES string of the molecule is CCCN(CC)CCNC1CC(c2ccc(C)cc2)C1. The van der Waals surface area contributed by atoms with E-state index < -0.39 is 0 Å². The highest BCUT2D eigenvalue weighted by molar-refractivity contribution is 5.26. The fraction of sp³-hybridized carbons (Fsp3) is 0.667. The summed E-state index contributed by atoms with van der Waals surface area (Å²) in [4.78, 5) is 2.53. The van der Waals surface area contributed by atoms with Crippen molar-refractivity contribution in [3.63, 3.8) is 0 Å². The van der Waals surface area contributed by atoms with Crippen molar-refractivity contribution in [3.8, 4) is 0 Å². The first kappa shape index (κ1) is 15.5. The number of aryl methyl sites for hydroxylation is 1. The van der Waals surface area contributed by atoms with E-state index in [4.69, 9.17) is 0 Å². The van der Waals surface area contributed by atoms with E-state index in [0.29, 0.717) is 0 Å². The lowest BCUT2D eigenvalue weighted by Gasteiger charge is -2.37. The average molecular weight is 274 g/mol. The van der Waals surface area contributed by atoms with Gasteiger partial charge in [-0.25, -0.2) is 0 Å². The molecule has 1 aromatic rings. The van der Waals surface area contributed by atoms with E-state index in [0.717, 1.165) is 18.5 Å². The summed E-state index contributed by atoms with van der Waals surface area (Å²) >= 11 is 0. The molecule has 2 rings (SSSR count). The van der Waals surface area contributed by atoms with Crippen molar-refractivity contribution in [2.75, 3.05) is 26.2 Å². The van der Waals surface area contributed by atoms with Crippen LogP contribution in [-0.2, 0) is 0 Å². The number of likely N-dealkylation sites (N-methyl/N-ethyl adjacent to an activating group) is 1. The zero-order chi connectivity index (χ0) is 14.4. The molecule has 20 heavy (non-hydrogen) atoms. The molecular weight excluding hydrogens is 244 g/mol. The third-order valence-corrected chi connectivity index (χ3v) is 4.53. The van der Waals surface area contributed by atoms with Gasteiger partial charge in [0.05, 0.1) is 0 Å². The second-order valence-electron chi connectivity index (χ2n) is 6.16. The van der Waals surface area contributed by atoms with Gasteiger partial charge in [0.1, 0.15) is 0 Å². The highest BCUT2D eigenvalue weighted by atomic mass is 15.1. The van der Waals surface area contributed by atoms with Crippen LogP contribution in [0.1, 0.15) is 50.2 Å². The summed E-state index contributed by atoms with van der Waals surface area (Å²) in [5, 5.41) is 3.71. The van der Waals surface area contributed by atoms with Crippen molar-refractivity contribution in [2.24, 2.45) is 0 Å². The maximum Gasteiger partial charge on any atom is 0.0107 e. The summed E-state index contributed by atoms with van der Waals surface area (Å²) in [6, 6.07) is 9.81. The van der Waals surface area contributed by atoms with Gasteiger partial charge in [-0.05, 0) is 50.8 Å². The van der Waals surface area contributed by atoms with Crippen LogP contribution in [0.4, 0.5) is 0 Å². The number of hydrogen-bond donors (Lipinski definition) is 1. The molecule has 0 heterocycles. The maximum absolute atomic E-state index is 3.71. The quantitative estimate of drug-likeness (QED) is 0.779. The van der Waals surface area contributed by atoms with Gasteiger partial charge in [0.2, 0.25) is 0 Å². The Morgan fingerprint density at radius 1 is 1.10 bits per heavy atom. The summed E-state index contributed by atoms with van der Waals surface area (Å²) in [5.41, 5.74) is 2.88. The molecule has 112 valence electrons. The van der Waals surface area contributed by atoms with Gasteiger partial charge in [0.25, 0.3) is 0 Å². The van der Waals surface area contributed by atoms with Gasteiger partial charge >= 0.3 is 0 Å². The number of nitrogens with one attached hydrogen (secondary N) is 1. The molecule has 1 fully saturated rings. The van der Waals surface area contributed by atoms with Crippen molar-refractivity contribution in [1.29, 1.82) is 0 Å². The largest absolute Gasteiger partial charge is 0.313 e. The Kier molecular flexibility index (Phi) is 6.06. The minimum absolute atomic E-state index is 0.738. The average Bonchev–Trinajstić information content (AvgIpc) is 2.41. The first-order valence-electron chi connectivity index (χ1n) is 8.25. The lowest BCUT2D eigenvalue weighted by Crippen LogP contribution is -2.43. The molecule has 0 atom stereocenters. The minimum atomic E-state index is 0.738. The maximum atomic E-state index is 3.71. The molecule has 2 nitrogen and oxygen atoms in total. The van der Waals surface area contributed by atoms with E-state index in [2.05, 4.69) is 55.3 Å². The standard InChI is InChI=1S/C18H30N2/c1-4-11-20(5-2)12-10-19-18-13-17(14-18)16-8-6-15(3)7-9-16/h6-9,17-19H,4-5,10-14H2,1-3H3. The van der Waals surface area contributed by atoms with Crippen LogP contribution in [0.5, 0.6) is 0 Å². The van der Waals surface area contributed by atoms with Crippen LogP contribution in [-0.4, -0.2) is 37.1 Å². The Hall–Kier alpha value is -0.860.